The number of nitrogen functional groups attached to an aromatic ring is 1. The summed E-state index contributed by atoms with van der Waals surface area (Å²) in [5.41, 5.74) is 11.6. The lowest BCUT2D eigenvalue weighted by atomic mass is 9.95. The molecule has 0 bridgehead atoms. The maximum absolute atomic E-state index is 10.1. The molecule has 0 fully saturated rings. The Morgan fingerprint density at radius 1 is 1.00 bits per heavy atom. The van der Waals surface area contributed by atoms with E-state index in [-0.39, 0.29) is 0 Å². The van der Waals surface area contributed by atoms with Crippen LogP contribution in [0.4, 0.5) is 5.82 Å². The average Bonchev–Trinajstić information content (AvgIpc) is 2.66. The van der Waals surface area contributed by atoms with Crippen molar-refractivity contribution >= 4 is 27.6 Å². The van der Waals surface area contributed by atoms with Gasteiger partial charge in [0, 0.05) is 17.0 Å². The fourth-order valence-electron chi connectivity index (χ4n) is 3.69. The number of fused-ring (bicyclic) bond motifs is 3. The Bertz CT molecular complexity index is 1160. The molecule has 0 radical (unpaired) electrons. The molecule has 0 saturated heterocycles. The smallest absolute Gasteiger partial charge is 0.150 e. The minimum Gasteiger partial charge on any atom is -0.386 e. The van der Waals surface area contributed by atoms with Crippen molar-refractivity contribution in [1.82, 2.24) is 9.97 Å². The molecule has 0 saturated carbocycles. The highest BCUT2D eigenvalue weighted by Crippen LogP contribution is 2.30. The standard InChI is InChI=1S/C24H25N3O/c1-15-4-11-19-20(14-15)27-23(25)22-21(19)17(12-13-26-22)8-5-16-6-9-18(10-7-16)24(2,3)28/h4,6-7,9-14,28H,5,8H2,1-3H3,(H2,25,27). The zero-order valence-electron chi connectivity index (χ0n) is 16.5. The number of nitrogens with zero attached hydrogens (tertiary/aromatic N) is 2. The van der Waals surface area contributed by atoms with Crippen LogP contribution in [0.15, 0.2) is 54.7 Å². The first kappa shape index (κ1) is 18.4. The van der Waals surface area contributed by atoms with Crippen molar-refractivity contribution in [2.45, 2.75) is 39.2 Å². The summed E-state index contributed by atoms with van der Waals surface area (Å²) in [6, 6.07) is 16.5. The Hall–Kier alpha value is -2.98. The van der Waals surface area contributed by atoms with Gasteiger partial charge < -0.3 is 10.8 Å². The van der Waals surface area contributed by atoms with Crippen LogP contribution >= 0.6 is 0 Å². The number of rotatable bonds is 4. The van der Waals surface area contributed by atoms with Crippen LogP contribution < -0.4 is 5.73 Å². The third kappa shape index (κ3) is 3.43. The van der Waals surface area contributed by atoms with Gasteiger partial charge in [0.05, 0.1) is 11.1 Å². The van der Waals surface area contributed by atoms with Crippen LogP contribution in [-0.2, 0) is 18.4 Å². The van der Waals surface area contributed by atoms with Gasteiger partial charge in [-0.25, -0.2) is 4.98 Å². The SMILES string of the molecule is Cc1ccc2c(c1)nc(N)c1nccc(CCc3ccc(C(C)(C)O)cc3)c12. The van der Waals surface area contributed by atoms with E-state index in [1.807, 2.05) is 18.3 Å². The van der Waals surface area contributed by atoms with E-state index >= 15 is 0 Å². The fourth-order valence-corrected chi connectivity index (χ4v) is 3.69. The quantitative estimate of drug-likeness (QED) is 0.511. The second-order valence-electron chi connectivity index (χ2n) is 7.97. The van der Waals surface area contributed by atoms with Gasteiger partial charge in [-0.2, -0.15) is 0 Å². The highest BCUT2D eigenvalue weighted by molar-refractivity contribution is 6.09. The maximum Gasteiger partial charge on any atom is 0.150 e. The van der Waals surface area contributed by atoms with Crippen LogP contribution in [0.25, 0.3) is 21.8 Å². The Morgan fingerprint density at radius 3 is 2.46 bits per heavy atom. The van der Waals surface area contributed by atoms with Gasteiger partial charge in [-0.1, -0.05) is 36.4 Å². The summed E-state index contributed by atoms with van der Waals surface area (Å²) in [6.07, 6.45) is 3.60. The number of nitrogens with two attached hydrogens (primary N) is 1. The molecule has 4 nitrogen and oxygen atoms in total. The number of hydrogen-bond acceptors (Lipinski definition) is 4. The maximum atomic E-state index is 10.1. The number of aliphatic hydroxyl groups is 1. The fraction of sp³-hybridized carbons (Fsp3) is 0.250. The van der Waals surface area contributed by atoms with Crippen LogP contribution in [0.5, 0.6) is 0 Å². The molecule has 4 heteroatoms. The third-order valence-electron chi connectivity index (χ3n) is 5.29. The highest BCUT2D eigenvalue weighted by Gasteiger charge is 2.15. The molecule has 4 aromatic rings. The molecular formula is C24H25N3O. The summed E-state index contributed by atoms with van der Waals surface area (Å²) in [4.78, 5) is 9.04. The van der Waals surface area contributed by atoms with Crippen molar-refractivity contribution in [2.24, 2.45) is 0 Å². The predicted octanol–water partition coefficient (Wildman–Crippen LogP) is 4.69. The molecule has 0 aliphatic rings. The zero-order valence-corrected chi connectivity index (χ0v) is 16.5. The van der Waals surface area contributed by atoms with Gasteiger partial charge in [0.1, 0.15) is 5.52 Å². The third-order valence-corrected chi connectivity index (χ3v) is 5.29. The van der Waals surface area contributed by atoms with Crippen LogP contribution in [0.2, 0.25) is 0 Å². The van der Waals surface area contributed by atoms with E-state index in [9.17, 15) is 5.11 Å². The van der Waals surface area contributed by atoms with Crippen molar-refractivity contribution in [3.05, 3.63) is 77.0 Å². The molecule has 0 atom stereocenters. The lowest BCUT2D eigenvalue weighted by Crippen LogP contribution is -2.15. The van der Waals surface area contributed by atoms with Crippen molar-refractivity contribution in [3.63, 3.8) is 0 Å². The molecule has 2 heterocycles. The first-order valence-electron chi connectivity index (χ1n) is 9.58. The van der Waals surface area contributed by atoms with Gasteiger partial charge in [-0.3, -0.25) is 4.98 Å². The summed E-state index contributed by atoms with van der Waals surface area (Å²) in [7, 11) is 0. The highest BCUT2D eigenvalue weighted by atomic mass is 16.3. The van der Waals surface area contributed by atoms with Crippen molar-refractivity contribution in [1.29, 1.82) is 0 Å². The molecular weight excluding hydrogens is 346 g/mol. The Balaban J connectivity index is 1.72. The molecule has 0 amide bonds. The van der Waals surface area contributed by atoms with Gasteiger partial charge in [-0.05, 0) is 68.0 Å². The molecule has 3 N–H and O–H groups in total. The van der Waals surface area contributed by atoms with Crippen LogP contribution in [0.3, 0.4) is 0 Å². The van der Waals surface area contributed by atoms with Crippen LogP contribution in [-0.4, -0.2) is 15.1 Å². The first-order chi connectivity index (χ1) is 13.3. The normalized spacial score (nSPS) is 12.0. The summed E-state index contributed by atoms with van der Waals surface area (Å²) in [5, 5.41) is 12.3. The number of aryl methyl sites for hydroxylation is 3. The molecule has 0 aliphatic carbocycles. The summed E-state index contributed by atoms with van der Waals surface area (Å²) >= 11 is 0. The number of pyridine rings is 2. The van der Waals surface area contributed by atoms with E-state index in [1.165, 1.54) is 11.1 Å². The van der Waals surface area contributed by atoms with E-state index in [2.05, 4.69) is 53.3 Å². The minimum absolute atomic E-state index is 0.476. The molecule has 2 aromatic heterocycles. The molecule has 0 unspecified atom stereocenters. The molecule has 28 heavy (non-hydrogen) atoms. The molecule has 2 aromatic carbocycles. The summed E-state index contributed by atoms with van der Waals surface area (Å²) in [6.45, 7) is 5.66. The lowest BCUT2D eigenvalue weighted by molar-refractivity contribution is 0.0786. The number of hydrogen-bond donors (Lipinski definition) is 2. The largest absolute Gasteiger partial charge is 0.386 e. The Labute approximate surface area is 165 Å². The van der Waals surface area contributed by atoms with E-state index in [1.54, 1.807) is 13.8 Å². The van der Waals surface area contributed by atoms with Gasteiger partial charge in [0.25, 0.3) is 0 Å². The Kier molecular flexibility index (Phi) is 4.52. The van der Waals surface area contributed by atoms with E-state index in [4.69, 9.17) is 5.73 Å². The monoisotopic (exact) mass is 371 g/mol. The van der Waals surface area contributed by atoms with Gasteiger partial charge in [0.15, 0.2) is 5.82 Å². The molecule has 0 aliphatic heterocycles. The van der Waals surface area contributed by atoms with Gasteiger partial charge in [0.2, 0.25) is 0 Å². The second-order valence-corrected chi connectivity index (χ2v) is 7.97. The van der Waals surface area contributed by atoms with E-state index < -0.39 is 5.60 Å². The van der Waals surface area contributed by atoms with Crippen molar-refractivity contribution in [3.8, 4) is 0 Å². The zero-order chi connectivity index (χ0) is 19.9. The molecule has 142 valence electrons. The molecule has 4 rings (SSSR count). The van der Waals surface area contributed by atoms with Crippen molar-refractivity contribution in [2.75, 3.05) is 5.73 Å². The van der Waals surface area contributed by atoms with E-state index in [0.29, 0.717) is 5.82 Å². The Morgan fingerprint density at radius 2 is 1.75 bits per heavy atom. The van der Waals surface area contributed by atoms with Gasteiger partial charge in [-0.15, -0.1) is 0 Å². The number of anilines is 1. The summed E-state index contributed by atoms with van der Waals surface area (Å²) in [5.74, 6) is 0.476. The van der Waals surface area contributed by atoms with E-state index in [0.717, 1.165) is 45.8 Å². The van der Waals surface area contributed by atoms with Crippen LogP contribution in [0.1, 0.15) is 36.1 Å². The summed E-state index contributed by atoms with van der Waals surface area (Å²) < 4.78 is 0. The second kappa shape index (κ2) is 6.88. The number of aromatic nitrogens is 2. The van der Waals surface area contributed by atoms with Gasteiger partial charge >= 0.3 is 0 Å². The lowest BCUT2D eigenvalue weighted by Gasteiger charge is -2.18. The van der Waals surface area contributed by atoms with Crippen LogP contribution in [0, 0.1) is 6.92 Å². The average molecular weight is 371 g/mol. The number of benzene rings is 2. The molecule has 0 spiro atoms. The topological polar surface area (TPSA) is 72.0 Å². The van der Waals surface area contributed by atoms with Crippen molar-refractivity contribution < 1.29 is 5.11 Å². The first-order valence-corrected chi connectivity index (χ1v) is 9.58. The minimum atomic E-state index is -0.818. The predicted molar refractivity (Wildman–Crippen MR) is 115 cm³/mol.